The average molecular weight is 543 g/mol. The number of aromatic nitrogens is 1. The summed E-state index contributed by atoms with van der Waals surface area (Å²) >= 11 is 0. The molecule has 1 amide bonds. The number of nitrogens with two attached hydrogens (primary N) is 1. The first-order valence-corrected chi connectivity index (χ1v) is 12.2. The van der Waals surface area contributed by atoms with E-state index in [1.54, 1.807) is 50.0 Å². The Balaban J connectivity index is 1.36. The van der Waals surface area contributed by atoms with Gasteiger partial charge in [0.15, 0.2) is 0 Å². The molecule has 39 heavy (non-hydrogen) atoms. The smallest absolute Gasteiger partial charge is 0.383 e. The highest BCUT2D eigenvalue weighted by Crippen LogP contribution is 2.34. The summed E-state index contributed by atoms with van der Waals surface area (Å²) in [5.41, 5.74) is 1.35. The lowest BCUT2D eigenvalue weighted by Gasteiger charge is -2.32. The molecule has 2 aromatic rings. The van der Waals surface area contributed by atoms with Gasteiger partial charge in [-0.05, 0) is 36.4 Å². The molecule has 0 bridgehead atoms. The molecule has 0 radical (unpaired) electrons. The number of fused-ring (bicyclic) bond motifs is 1. The van der Waals surface area contributed by atoms with E-state index in [1.807, 2.05) is 0 Å². The standard InChI is InChI=1S/C26H26F3N7O3/c1-38-12-9-35-10-13-39-21(16-35)23-20-15-31-8-11-36(20,30)24(34-23)17-2-4-18(5-3-17)25(37)33-22-14-19(6-7-32-22)26(27,28)29/h2-8,11,14-15,21H,9-10,12-13,16,30H2,1H3/p+1. The van der Waals surface area contributed by atoms with Gasteiger partial charge >= 0.3 is 6.18 Å². The number of nitrogens with one attached hydrogen (secondary N) is 1. The lowest BCUT2D eigenvalue weighted by Crippen LogP contribution is -2.53. The number of methoxy groups -OCH3 is 1. The monoisotopic (exact) mass is 542 g/mol. The van der Waals surface area contributed by atoms with Crippen molar-refractivity contribution < 1.29 is 32.0 Å². The number of halogens is 3. The van der Waals surface area contributed by atoms with E-state index in [2.05, 4.69) is 20.2 Å². The van der Waals surface area contributed by atoms with Crippen molar-refractivity contribution in [2.75, 3.05) is 45.3 Å². The van der Waals surface area contributed by atoms with E-state index in [4.69, 9.17) is 20.3 Å². The number of hydrogen-bond acceptors (Lipinski definition) is 8. The van der Waals surface area contributed by atoms with Crippen molar-refractivity contribution >= 4 is 23.8 Å². The highest BCUT2D eigenvalue weighted by molar-refractivity contribution is 6.05. The molecule has 2 unspecified atom stereocenters. The number of alkyl halides is 3. The van der Waals surface area contributed by atoms with Gasteiger partial charge in [-0.3, -0.25) is 14.7 Å². The molecule has 1 saturated heterocycles. The molecule has 3 aliphatic rings. The highest BCUT2D eigenvalue weighted by Gasteiger charge is 2.46. The van der Waals surface area contributed by atoms with E-state index in [9.17, 15) is 18.0 Å². The number of amidine groups is 1. The minimum atomic E-state index is -4.54. The lowest BCUT2D eigenvalue weighted by molar-refractivity contribution is -0.750. The normalized spacial score (nSPS) is 23.1. The molecule has 204 valence electrons. The van der Waals surface area contributed by atoms with Crippen molar-refractivity contribution in [1.29, 1.82) is 0 Å². The van der Waals surface area contributed by atoms with Crippen LogP contribution in [0.1, 0.15) is 21.5 Å². The van der Waals surface area contributed by atoms with E-state index in [0.29, 0.717) is 42.6 Å². The molecule has 0 aliphatic carbocycles. The summed E-state index contributed by atoms with van der Waals surface area (Å²) < 4.78 is 50.0. The first kappa shape index (κ1) is 26.8. The van der Waals surface area contributed by atoms with Crippen LogP contribution in [0.2, 0.25) is 0 Å². The SMILES string of the molecule is COCCN1CCOC(C2=C3C=NC=C[N+]3(N)C(c3ccc(C(=O)Nc4cc(C(F)(F)F)ccn4)cc3)=N2)C1. The van der Waals surface area contributed by atoms with Crippen LogP contribution in [0.3, 0.4) is 0 Å². The number of rotatable bonds is 7. The maximum Gasteiger partial charge on any atom is 0.416 e. The van der Waals surface area contributed by atoms with E-state index in [1.165, 1.54) is 0 Å². The molecule has 1 aromatic carbocycles. The predicted molar refractivity (Wildman–Crippen MR) is 137 cm³/mol. The quantitative estimate of drug-likeness (QED) is 0.411. The van der Waals surface area contributed by atoms with Gasteiger partial charge in [0.25, 0.3) is 11.7 Å². The van der Waals surface area contributed by atoms with Crippen molar-refractivity contribution in [3.63, 3.8) is 0 Å². The van der Waals surface area contributed by atoms with Crippen LogP contribution in [0.25, 0.3) is 0 Å². The van der Waals surface area contributed by atoms with Crippen molar-refractivity contribution in [2.45, 2.75) is 12.3 Å². The zero-order valence-corrected chi connectivity index (χ0v) is 21.1. The van der Waals surface area contributed by atoms with Gasteiger partial charge < -0.3 is 14.8 Å². The topological polar surface area (TPSA) is 114 Å². The second kappa shape index (κ2) is 10.8. The number of hydrogen-bond donors (Lipinski definition) is 2. The number of nitrogens with zero attached hydrogens (tertiary/aromatic N) is 5. The third kappa shape index (κ3) is 5.53. The third-order valence-corrected chi connectivity index (χ3v) is 6.62. The summed E-state index contributed by atoms with van der Waals surface area (Å²) in [5.74, 6) is 6.52. The van der Waals surface area contributed by atoms with E-state index >= 15 is 0 Å². The molecule has 10 nitrogen and oxygen atoms in total. The van der Waals surface area contributed by atoms with Gasteiger partial charge in [-0.15, -0.1) is 4.59 Å². The predicted octanol–water partition coefficient (Wildman–Crippen LogP) is 2.92. The summed E-state index contributed by atoms with van der Waals surface area (Å²) in [7, 11) is 1.66. The number of benzene rings is 1. The van der Waals surface area contributed by atoms with Crippen molar-refractivity contribution in [3.8, 4) is 0 Å². The number of carbonyl (C=O) groups excluding carboxylic acids is 1. The Morgan fingerprint density at radius 3 is 2.82 bits per heavy atom. The minimum Gasteiger partial charge on any atom is -0.383 e. The fraction of sp³-hybridized carbons (Fsp3) is 0.308. The summed E-state index contributed by atoms with van der Waals surface area (Å²) in [6.07, 6.45) is 1.12. The molecule has 0 saturated carbocycles. The fourth-order valence-electron chi connectivity index (χ4n) is 4.57. The van der Waals surface area contributed by atoms with Gasteiger partial charge in [-0.25, -0.2) is 4.98 Å². The maximum atomic E-state index is 13.0. The van der Waals surface area contributed by atoms with E-state index in [-0.39, 0.29) is 22.1 Å². The summed E-state index contributed by atoms with van der Waals surface area (Å²) in [5, 5.41) is 2.41. The molecular formula is C26H27F3N7O3+. The van der Waals surface area contributed by atoms with Crippen LogP contribution < -0.4 is 11.2 Å². The largest absolute Gasteiger partial charge is 0.416 e. The Labute approximate surface area is 222 Å². The van der Waals surface area contributed by atoms with Crippen LogP contribution in [0.15, 0.2) is 76.4 Å². The van der Waals surface area contributed by atoms with Gasteiger partial charge in [0.1, 0.15) is 23.8 Å². The molecule has 1 fully saturated rings. The van der Waals surface area contributed by atoms with Gasteiger partial charge in [0.05, 0.1) is 36.8 Å². The fourth-order valence-corrected chi connectivity index (χ4v) is 4.57. The van der Waals surface area contributed by atoms with Crippen molar-refractivity contribution in [1.82, 2.24) is 9.88 Å². The molecule has 3 N–H and O–H groups in total. The Hall–Kier alpha value is -3.75. The van der Waals surface area contributed by atoms with E-state index < -0.39 is 17.6 Å². The Morgan fingerprint density at radius 1 is 1.28 bits per heavy atom. The first-order chi connectivity index (χ1) is 18.7. The second-order valence-electron chi connectivity index (χ2n) is 9.17. The highest BCUT2D eigenvalue weighted by atomic mass is 19.4. The zero-order valence-electron chi connectivity index (χ0n) is 21.1. The molecule has 1 aromatic heterocycles. The van der Waals surface area contributed by atoms with Crippen molar-refractivity contribution in [2.24, 2.45) is 15.8 Å². The Kier molecular flexibility index (Phi) is 7.42. The number of carbonyl (C=O) groups is 1. The molecule has 13 heteroatoms. The van der Waals surface area contributed by atoms with Crippen LogP contribution >= 0.6 is 0 Å². The molecule has 2 atom stereocenters. The Morgan fingerprint density at radius 2 is 2.08 bits per heavy atom. The molecule has 3 aliphatic heterocycles. The Bertz CT molecular complexity index is 1370. The average Bonchev–Trinajstić information content (AvgIpc) is 3.25. The summed E-state index contributed by atoms with van der Waals surface area (Å²) in [6, 6.07) is 8.10. The molecular weight excluding hydrogens is 515 g/mol. The number of quaternary nitrogens is 1. The number of anilines is 1. The van der Waals surface area contributed by atoms with Crippen molar-refractivity contribution in [3.05, 3.63) is 83.1 Å². The molecule has 0 spiro atoms. The van der Waals surface area contributed by atoms with Gasteiger partial charge in [0, 0.05) is 38.5 Å². The maximum absolute atomic E-state index is 13.0. The second-order valence-corrected chi connectivity index (χ2v) is 9.17. The van der Waals surface area contributed by atoms with Crippen LogP contribution in [0.4, 0.5) is 19.0 Å². The molecule has 4 heterocycles. The van der Waals surface area contributed by atoms with Crippen LogP contribution in [-0.2, 0) is 15.7 Å². The number of allylic oxidation sites excluding steroid dienone is 1. The number of amides is 1. The molecule has 5 rings (SSSR count). The van der Waals surface area contributed by atoms with Gasteiger partial charge in [-0.1, -0.05) is 0 Å². The third-order valence-electron chi connectivity index (χ3n) is 6.62. The lowest BCUT2D eigenvalue weighted by atomic mass is 10.1. The van der Waals surface area contributed by atoms with Gasteiger partial charge in [0.2, 0.25) is 5.70 Å². The number of ether oxygens (including phenoxy) is 2. The van der Waals surface area contributed by atoms with Crippen LogP contribution in [0.5, 0.6) is 0 Å². The zero-order chi connectivity index (χ0) is 27.6. The first-order valence-electron chi connectivity index (χ1n) is 12.2. The number of morpholine rings is 1. The van der Waals surface area contributed by atoms with E-state index in [0.717, 1.165) is 31.4 Å². The summed E-state index contributed by atoms with van der Waals surface area (Å²) in [4.78, 5) is 27.9. The number of pyridine rings is 1. The number of aliphatic imine (C=N–C) groups is 2. The summed E-state index contributed by atoms with van der Waals surface area (Å²) in [6.45, 7) is 3.33. The van der Waals surface area contributed by atoms with Crippen LogP contribution in [0, 0.1) is 0 Å². The van der Waals surface area contributed by atoms with Crippen LogP contribution in [-0.4, -0.2) is 78.5 Å². The van der Waals surface area contributed by atoms with Gasteiger partial charge in [-0.2, -0.15) is 24.0 Å². The minimum absolute atomic E-state index is 0.200.